The smallest absolute Gasteiger partial charge is 0.118 e. The standard InChI is InChI=1S/C16H20N2O/c1-18-16(11-13-5-3-4-6-15(13)17)12-7-9-14(19-2)10-8-12/h3-10,16,18H,11,17H2,1-2H3/t16-/m0/s1. The Labute approximate surface area is 114 Å². The summed E-state index contributed by atoms with van der Waals surface area (Å²) in [5.74, 6) is 0.873. The number of ether oxygens (including phenoxy) is 1. The van der Waals surface area contributed by atoms with Crippen molar-refractivity contribution in [1.82, 2.24) is 5.32 Å². The van der Waals surface area contributed by atoms with E-state index in [1.165, 1.54) is 5.56 Å². The van der Waals surface area contributed by atoms with E-state index in [9.17, 15) is 0 Å². The van der Waals surface area contributed by atoms with Gasteiger partial charge in [0.25, 0.3) is 0 Å². The van der Waals surface area contributed by atoms with Crippen LogP contribution in [0, 0.1) is 0 Å². The number of methoxy groups -OCH3 is 1. The molecule has 0 saturated carbocycles. The average Bonchev–Trinajstić information content (AvgIpc) is 2.47. The summed E-state index contributed by atoms with van der Waals surface area (Å²) >= 11 is 0. The summed E-state index contributed by atoms with van der Waals surface area (Å²) in [5, 5.41) is 3.34. The van der Waals surface area contributed by atoms with Gasteiger partial charge in [0.15, 0.2) is 0 Å². The quantitative estimate of drug-likeness (QED) is 0.809. The fraction of sp³-hybridized carbons (Fsp3) is 0.250. The van der Waals surface area contributed by atoms with Gasteiger partial charge in [-0.1, -0.05) is 30.3 Å². The number of hydrogen-bond acceptors (Lipinski definition) is 3. The van der Waals surface area contributed by atoms with Crippen LogP contribution in [0.4, 0.5) is 5.69 Å². The normalized spacial score (nSPS) is 12.1. The topological polar surface area (TPSA) is 47.3 Å². The third-order valence-corrected chi connectivity index (χ3v) is 3.35. The lowest BCUT2D eigenvalue weighted by Crippen LogP contribution is -2.19. The molecule has 0 bridgehead atoms. The minimum Gasteiger partial charge on any atom is -0.497 e. The Morgan fingerprint density at radius 1 is 1.11 bits per heavy atom. The summed E-state index contributed by atoms with van der Waals surface area (Å²) in [6.07, 6.45) is 0.871. The van der Waals surface area contributed by atoms with Crippen LogP contribution >= 0.6 is 0 Å². The zero-order valence-electron chi connectivity index (χ0n) is 11.4. The fourth-order valence-electron chi connectivity index (χ4n) is 2.16. The molecule has 3 N–H and O–H groups in total. The Balaban J connectivity index is 2.17. The van der Waals surface area contributed by atoms with Gasteiger partial charge in [0.2, 0.25) is 0 Å². The second-order valence-corrected chi connectivity index (χ2v) is 4.52. The zero-order chi connectivity index (χ0) is 13.7. The lowest BCUT2D eigenvalue weighted by Gasteiger charge is -2.18. The fourth-order valence-corrected chi connectivity index (χ4v) is 2.16. The van der Waals surface area contributed by atoms with Crippen molar-refractivity contribution in [2.24, 2.45) is 0 Å². The highest BCUT2D eigenvalue weighted by molar-refractivity contribution is 5.47. The third kappa shape index (κ3) is 3.26. The van der Waals surface area contributed by atoms with E-state index in [4.69, 9.17) is 10.5 Å². The number of para-hydroxylation sites is 1. The summed E-state index contributed by atoms with van der Waals surface area (Å²) in [6.45, 7) is 0. The van der Waals surface area contributed by atoms with Crippen molar-refractivity contribution >= 4 is 5.69 Å². The number of nitrogens with one attached hydrogen (secondary N) is 1. The monoisotopic (exact) mass is 256 g/mol. The van der Waals surface area contributed by atoms with Crippen LogP contribution in [0.25, 0.3) is 0 Å². The van der Waals surface area contributed by atoms with Gasteiger partial charge in [-0.3, -0.25) is 0 Å². The number of likely N-dealkylation sites (N-methyl/N-ethyl adjacent to an activating group) is 1. The summed E-state index contributed by atoms with van der Waals surface area (Å²) < 4.78 is 5.18. The molecule has 0 spiro atoms. The maximum absolute atomic E-state index is 6.00. The molecule has 2 aromatic carbocycles. The molecule has 0 saturated heterocycles. The lowest BCUT2D eigenvalue weighted by molar-refractivity contribution is 0.414. The van der Waals surface area contributed by atoms with E-state index in [-0.39, 0.29) is 6.04 Å². The maximum Gasteiger partial charge on any atom is 0.118 e. The highest BCUT2D eigenvalue weighted by Gasteiger charge is 2.11. The SMILES string of the molecule is CN[C@@H](Cc1ccccc1N)c1ccc(OC)cc1. The molecule has 1 atom stereocenters. The van der Waals surface area contributed by atoms with Crippen LogP contribution in [-0.2, 0) is 6.42 Å². The molecule has 100 valence electrons. The molecule has 0 fully saturated rings. The summed E-state index contributed by atoms with van der Waals surface area (Å²) in [6, 6.07) is 16.4. The van der Waals surface area contributed by atoms with Gasteiger partial charge >= 0.3 is 0 Å². The molecule has 0 aliphatic rings. The molecular weight excluding hydrogens is 236 g/mol. The van der Waals surface area contributed by atoms with Crippen molar-refractivity contribution in [3.63, 3.8) is 0 Å². The van der Waals surface area contributed by atoms with Gasteiger partial charge < -0.3 is 15.8 Å². The van der Waals surface area contributed by atoms with E-state index in [2.05, 4.69) is 23.5 Å². The van der Waals surface area contributed by atoms with E-state index in [1.54, 1.807) is 7.11 Å². The van der Waals surface area contributed by atoms with Gasteiger partial charge in [0, 0.05) is 11.7 Å². The summed E-state index contributed by atoms with van der Waals surface area (Å²) in [7, 11) is 3.64. The number of anilines is 1. The van der Waals surface area contributed by atoms with Crippen LogP contribution in [0.2, 0.25) is 0 Å². The first kappa shape index (κ1) is 13.4. The largest absolute Gasteiger partial charge is 0.497 e. The molecule has 0 aromatic heterocycles. The summed E-state index contributed by atoms with van der Waals surface area (Å²) in [5.41, 5.74) is 9.24. The molecule has 0 radical (unpaired) electrons. The predicted molar refractivity (Wildman–Crippen MR) is 79.4 cm³/mol. The van der Waals surface area contributed by atoms with Crippen LogP contribution < -0.4 is 15.8 Å². The van der Waals surface area contributed by atoms with E-state index in [0.717, 1.165) is 23.4 Å². The van der Waals surface area contributed by atoms with Crippen molar-refractivity contribution < 1.29 is 4.74 Å². The van der Waals surface area contributed by atoms with E-state index < -0.39 is 0 Å². The average molecular weight is 256 g/mol. The van der Waals surface area contributed by atoms with Crippen molar-refractivity contribution in [1.29, 1.82) is 0 Å². The van der Waals surface area contributed by atoms with Gasteiger partial charge in [0.1, 0.15) is 5.75 Å². The molecule has 3 nitrogen and oxygen atoms in total. The molecule has 0 heterocycles. The Kier molecular flexibility index (Phi) is 4.42. The van der Waals surface area contributed by atoms with Gasteiger partial charge in [-0.05, 0) is 42.8 Å². The second kappa shape index (κ2) is 6.25. The molecule has 0 amide bonds. The van der Waals surface area contributed by atoms with Crippen LogP contribution in [0.1, 0.15) is 17.2 Å². The minimum atomic E-state index is 0.246. The van der Waals surface area contributed by atoms with E-state index >= 15 is 0 Å². The van der Waals surface area contributed by atoms with Crippen molar-refractivity contribution in [3.8, 4) is 5.75 Å². The Morgan fingerprint density at radius 3 is 2.37 bits per heavy atom. The van der Waals surface area contributed by atoms with Crippen LogP contribution in [0.15, 0.2) is 48.5 Å². The van der Waals surface area contributed by atoms with Gasteiger partial charge in [-0.15, -0.1) is 0 Å². The van der Waals surface area contributed by atoms with Crippen molar-refractivity contribution in [2.45, 2.75) is 12.5 Å². The number of nitrogens with two attached hydrogens (primary N) is 1. The van der Waals surface area contributed by atoms with E-state index in [0.29, 0.717) is 0 Å². The van der Waals surface area contributed by atoms with Gasteiger partial charge in [-0.25, -0.2) is 0 Å². The molecule has 0 unspecified atom stereocenters. The zero-order valence-corrected chi connectivity index (χ0v) is 11.4. The number of rotatable bonds is 5. The molecule has 2 rings (SSSR count). The number of benzene rings is 2. The molecular formula is C16H20N2O. The van der Waals surface area contributed by atoms with Crippen molar-refractivity contribution in [3.05, 3.63) is 59.7 Å². The molecule has 3 heteroatoms. The molecule has 0 aliphatic heterocycles. The van der Waals surface area contributed by atoms with Crippen LogP contribution in [0.5, 0.6) is 5.75 Å². The predicted octanol–water partition coefficient (Wildman–Crippen LogP) is 2.78. The first-order valence-corrected chi connectivity index (χ1v) is 6.39. The molecule has 2 aromatic rings. The van der Waals surface area contributed by atoms with Crippen LogP contribution in [-0.4, -0.2) is 14.2 Å². The summed E-state index contributed by atoms with van der Waals surface area (Å²) in [4.78, 5) is 0. The van der Waals surface area contributed by atoms with Crippen LogP contribution in [0.3, 0.4) is 0 Å². The molecule has 19 heavy (non-hydrogen) atoms. The Morgan fingerprint density at radius 2 is 1.79 bits per heavy atom. The number of hydrogen-bond donors (Lipinski definition) is 2. The first-order valence-electron chi connectivity index (χ1n) is 6.39. The van der Waals surface area contributed by atoms with Gasteiger partial charge in [-0.2, -0.15) is 0 Å². The van der Waals surface area contributed by atoms with Crippen molar-refractivity contribution in [2.75, 3.05) is 19.9 Å². The lowest BCUT2D eigenvalue weighted by atomic mass is 9.98. The van der Waals surface area contributed by atoms with Gasteiger partial charge in [0.05, 0.1) is 7.11 Å². The second-order valence-electron chi connectivity index (χ2n) is 4.52. The third-order valence-electron chi connectivity index (χ3n) is 3.35. The Hall–Kier alpha value is -2.00. The maximum atomic E-state index is 6.00. The Bertz CT molecular complexity index is 523. The highest BCUT2D eigenvalue weighted by atomic mass is 16.5. The molecule has 0 aliphatic carbocycles. The van der Waals surface area contributed by atoms with E-state index in [1.807, 2.05) is 37.4 Å². The highest BCUT2D eigenvalue weighted by Crippen LogP contribution is 2.23. The minimum absolute atomic E-state index is 0.246. The first-order chi connectivity index (χ1) is 9.24. The number of nitrogen functional groups attached to an aromatic ring is 1.